The molecule has 2 heterocycles. The fourth-order valence-electron chi connectivity index (χ4n) is 3.58. The molecule has 0 amide bonds. The summed E-state index contributed by atoms with van der Waals surface area (Å²) in [6.45, 7) is 1.49. The van der Waals surface area contributed by atoms with E-state index in [0.29, 0.717) is 0 Å². The predicted molar refractivity (Wildman–Crippen MR) is 87.2 cm³/mol. The first-order chi connectivity index (χ1) is 11.9. The molecule has 0 aromatic heterocycles. The number of ketones is 1. The highest BCUT2D eigenvalue weighted by Crippen LogP contribution is 2.53. The number of hydrogen-bond donors (Lipinski definition) is 0. The number of rotatable bonds is 2. The maximum atomic E-state index is 12.3. The van der Waals surface area contributed by atoms with Crippen molar-refractivity contribution >= 4 is 35.0 Å². The molecule has 0 radical (unpaired) electrons. The maximum absolute atomic E-state index is 12.3. The smallest absolute Gasteiger partial charge is 0.303 e. The Kier molecular flexibility index (Phi) is 4.29. The molecule has 2 aliphatic heterocycles. The first kappa shape index (κ1) is 17.2. The summed E-state index contributed by atoms with van der Waals surface area (Å²) in [5, 5.41) is 0. The zero-order valence-corrected chi connectivity index (χ0v) is 14.8. The molecular weight excluding hydrogens is 371 g/mol. The molecule has 0 bridgehead atoms. The average Bonchev–Trinajstić information content (AvgIpc) is 2.61. The molecule has 3 fully saturated rings. The van der Waals surface area contributed by atoms with Crippen molar-refractivity contribution in [2.75, 3.05) is 6.61 Å². The summed E-state index contributed by atoms with van der Waals surface area (Å²) in [6, 6.07) is 9.37. The van der Waals surface area contributed by atoms with Crippen LogP contribution in [0.15, 0.2) is 30.3 Å². The van der Waals surface area contributed by atoms with E-state index in [4.69, 9.17) is 42.1 Å². The Morgan fingerprint density at radius 3 is 2.64 bits per heavy atom. The van der Waals surface area contributed by atoms with Gasteiger partial charge in [0.2, 0.25) is 4.33 Å². The zero-order chi connectivity index (χ0) is 17.8. The minimum absolute atomic E-state index is 0.212. The number of Topliss-reactive ketones (excluding diaryl/α,β-unsaturated/α-hetero) is 1. The predicted octanol–water partition coefficient (Wildman–Crippen LogP) is 2.17. The van der Waals surface area contributed by atoms with E-state index in [9.17, 15) is 9.59 Å². The summed E-state index contributed by atoms with van der Waals surface area (Å²) >= 11 is 12.1. The Morgan fingerprint density at radius 2 is 1.96 bits per heavy atom. The van der Waals surface area contributed by atoms with E-state index >= 15 is 0 Å². The number of ether oxygens (including phenoxy) is 4. The molecule has 134 valence electrons. The largest absolute Gasteiger partial charge is 0.459 e. The molecule has 1 aromatic rings. The van der Waals surface area contributed by atoms with E-state index in [1.807, 2.05) is 30.3 Å². The third-order valence-corrected chi connectivity index (χ3v) is 5.55. The van der Waals surface area contributed by atoms with Crippen molar-refractivity contribution in [3.63, 3.8) is 0 Å². The second-order valence-corrected chi connectivity index (χ2v) is 7.74. The Morgan fingerprint density at radius 1 is 1.24 bits per heavy atom. The lowest BCUT2D eigenvalue weighted by Gasteiger charge is -2.56. The van der Waals surface area contributed by atoms with Crippen LogP contribution in [-0.2, 0) is 28.5 Å². The quantitative estimate of drug-likeness (QED) is 0.572. The fraction of sp³-hybridized carbons (Fsp3) is 0.529. The summed E-state index contributed by atoms with van der Waals surface area (Å²) in [7, 11) is 0. The lowest BCUT2D eigenvalue weighted by Crippen LogP contribution is -2.74. The van der Waals surface area contributed by atoms with E-state index in [-0.39, 0.29) is 6.61 Å². The van der Waals surface area contributed by atoms with Crippen LogP contribution in [0, 0.1) is 5.92 Å². The lowest BCUT2D eigenvalue weighted by molar-refractivity contribution is -0.327. The van der Waals surface area contributed by atoms with Crippen molar-refractivity contribution in [1.82, 2.24) is 0 Å². The van der Waals surface area contributed by atoms with Crippen LogP contribution < -0.4 is 0 Å². The molecular formula is C17H16Cl2O6. The van der Waals surface area contributed by atoms with Crippen LogP contribution in [0.1, 0.15) is 18.8 Å². The van der Waals surface area contributed by atoms with Gasteiger partial charge in [0.1, 0.15) is 24.4 Å². The molecule has 1 saturated carbocycles. The Hall–Kier alpha value is -1.18. The van der Waals surface area contributed by atoms with E-state index < -0.39 is 52.7 Å². The molecule has 8 heteroatoms. The molecule has 1 aromatic carbocycles. The summed E-state index contributed by atoms with van der Waals surface area (Å²) < 4.78 is 21.3. The topological polar surface area (TPSA) is 71.1 Å². The molecule has 3 aliphatic rings. The van der Waals surface area contributed by atoms with Gasteiger partial charge in [-0.15, -0.1) is 0 Å². The first-order valence-electron chi connectivity index (χ1n) is 7.96. The van der Waals surface area contributed by atoms with Crippen LogP contribution in [0.3, 0.4) is 0 Å². The lowest BCUT2D eigenvalue weighted by atomic mass is 9.70. The van der Waals surface area contributed by atoms with E-state index in [2.05, 4.69) is 0 Å². The summed E-state index contributed by atoms with van der Waals surface area (Å²) in [4.78, 5) is 23.9. The van der Waals surface area contributed by atoms with Crippen molar-refractivity contribution in [1.29, 1.82) is 0 Å². The van der Waals surface area contributed by atoms with Crippen LogP contribution in [0.4, 0.5) is 0 Å². The second-order valence-electron chi connectivity index (χ2n) is 6.36. The Balaban J connectivity index is 1.61. The van der Waals surface area contributed by atoms with Gasteiger partial charge in [-0.1, -0.05) is 53.5 Å². The summed E-state index contributed by atoms with van der Waals surface area (Å²) in [6.07, 6.45) is -3.37. The number of alkyl halides is 2. The highest BCUT2D eigenvalue weighted by Gasteiger charge is 2.70. The van der Waals surface area contributed by atoms with Crippen molar-refractivity contribution in [2.45, 2.75) is 42.0 Å². The van der Waals surface area contributed by atoms with Gasteiger partial charge in [0, 0.05) is 12.5 Å². The SMILES string of the molecule is CC(=O)O[C@@H]1[C@@H]2OC(c3ccccc3)OC[C@H]2O[C@@H]2[C@H]1C(=O)C2(Cl)Cl. The van der Waals surface area contributed by atoms with Crippen LogP contribution in [-0.4, -0.2) is 47.1 Å². The van der Waals surface area contributed by atoms with Crippen molar-refractivity contribution in [3.8, 4) is 0 Å². The highest BCUT2D eigenvalue weighted by atomic mass is 35.5. The number of hydrogen-bond acceptors (Lipinski definition) is 6. The normalized spacial score (nSPS) is 38.9. The number of fused-ring (bicyclic) bond motifs is 2. The van der Waals surface area contributed by atoms with Gasteiger partial charge in [-0.25, -0.2) is 0 Å². The van der Waals surface area contributed by atoms with Crippen LogP contribution in [0.25, 0.3) is 0 Å². The maximum Gasteiger partial charge on any atom is 0.303 e. The molecule has 6 nitrogen and oxygen atoms in total. The minimum Gasteiger partial charge on any atom is -0.459 e. The van der Waals surface area contributed by atoms with E-state index in [1.165, 1.54) is 6.92 Å². The van der Waals surface area contributed by atoms with Gasteiger partial charge in [0.25, 0.3) is 0 Å². The molecule has 0 spiro atoms. The molecule has 0 N–H and O–H groups in total. The summed E-state index contributed by atoms with van der Waals surface area (Å²) in [5.41, 5.74) is 0.827. The molecule has 1 aliphatic carbocycles. The minimum atomic E-state index is -1.63. The second kappa shape index (κ2) is 6.21. The molecule has 1 unspecified atom stereocenters. The first-order valence-corrected chi connectivity index (χ1v) is 8.72. The number of carbonyl (C=O) groups is 2. The van der Waals surface area contributed by atoms with Crippen LogP contribution in [0.2, 0.25) is 0 Å². The standard InChI is InChI=1S/C17H16Cl2O6/c1-8(20)23-13-11-14(21)17(18,19)15(11)24-10-7-22-16(25-12(10)13)9-5-3-2-4-6-9/h2-6,10-13,15-16H,7H2,1H3/t10-,11-,12-,13+,15-,16?/m1/s1. The molecule has 25 heavy (non-hydrogen) atoms. The highest BCUT2D eigenvalue weighted by molar-refractivity contribution is 6.61. The average molecular weight is 387 g/mol. The van der Waals surface area contributed by atoms with Crippen molar-refractivity contribution in [2.24, 2.45) is 5.92 Å². The van der Waals surface area contributed by atoms with E-state index in [0.717, 1.165) is 5.56 Å². The van der Waals surface area contributed by atoms with Crippen LogP contribution in [0.5, 0.6) is 0 Å². The van der Waals surface area contributed by atoms with Gasteiger partial charge >= 0.3 is 5.97 Å². The molecule has 4 rings (SSSR count). The van der Waals surface area contributed by atoms with Crippen LogP contribution >= 0.6 is 23.2 Å². The monoisotopic (exact) mass is 386 g/mol. The van der Waals surface area contributed by atoms with E-state index in [1.54, 1.807) is 0 Å². The zero-order valence-electron chi connectivity index (χ0n) is 13.3. The number of carbonyl (C=O) groups excluding carboxylic acids is 2. The number of benzene rings is 1. The third-order valence-electron chi connectivity index (χ3n) is 4.75. The number of esters is 1. The van der Waals surface area contributed by atoms with Gasteiger partial charge < -0.3 is 18.9 Å². The molecule has 6 atom stereocenters. The van der Waals surface area contributed by atoms with Gasteiger partial charge in [-0.2, -0.15) is 0 Å². The third kappa shape index (κ3) is 2.76. The van der Waals surface area contributed by atoms with Gasteiger partial charge in [-0.3, -0.25) is 9.59 Å². The van der Waals surface area contributed by atoms with Crippen molar-refractivity contribution in [3.05, 3.63) is 35.9 Å². The van der Waals surface area contributed by atoms with Gasteiger partial charge in [0.05, 0.1) is 12.5 Å². The fourth-order valence-corrected chi connectivity index (χ4v) is 4.21. The molecule has 2 saturated heterocycles. The van der Waals surface area contributed by atoms with Crippen molar-refractivity contribution < 1.29 is 28.5 Å². The summed E-state index contributed by atoms with van der Waals surface area (Å²) in [5.74, 6) is -1.67. The van der Waals surface area contributed by atoms with Gasteiger partial charge in [0.15, 0.2) is 12.1 Å². The van der Waals surface area contributed by atoms with Gasteiger partial charge in [-0.05, 0) is 0 Å². The number of halogens is 2. The Labute approximate surface area is 154 Å². The Bertz CT molecular complexity index is 694.